The Balaban J connectivity index is 1.82. The van der Waals surface area contributed by atoms with Crippen molar-refractivity contribution in [1.82, 2.24) is 14.8 Å². The SMILES string of the molecule is CCCCOc1ccc(NC(=O)N2CCCC(N(C)CC(=O)O)CC2)cn1. The lowest BCUT2D eigenvalue weighted by atomic mass is 10.1. The van der Waals surface area contributed by atoms with Gasteiger partial charge in [0.05, 0.1) is 25.0 Å². The molecule has 1 saturated heterocycles. The summed E-state index contributed by atoms with van der Waals surface area (Å²) in [5.74, 6) is -0.272. The third kappa shape index (κ3) is 7.05. The van der Waals surface area contributed by atoms with Crippen molar-refractivity contribution in [2.45, 2.75) is 45.1 Å². The van der Waals surface area contributed by atoms with Crippen LogP contribution in [-0.2, 0) is 4.79 Å². The zero-order valence-corrected chi connectivity index (χ0v) is 16.2. The molecule has 2 N–H and O–H groups in total. The van der Waals surface area contributed by atoms with Crippen molar-refractivity contribution in [3.8, 4) is 5.88 Å². The highest BCUT2D eigenvalue weighted by atomic mass is 16.5. The predicted molar refractivity (Wildman–Crippen MR) is 103 cm³/mol. The number of carboxylic acids is 1. The molecule has 1 aromatic rings. The molecule has 1 aliphatic rings. The Labute approximate surface area is 160 Å². The van der Waals surface area contributed by atoms with Crippen LogP contribution in [0, 0.1) is 0 Å². The first-order chi connectivity index (χ1) is 13.0. The molecular formula is C19H30N4O4. The van der Waals surface area contributed by atoms with E-state index < -0.39 is 5.97 Å². The maximum atomic E-state index is 12.5. The minimum absolute atomic E-state index is 0.0230. The van der Waals surface area contributed by atoms with Crippen molar-refractivity contribution in [2.24, 2.45) is 0 Å². The second-order valence-corrected chi connectivity index (χ2v) is 6.90. The van der Waals surface area contributed by atoms with E-state index in [0.717, 1.165) is 32.1 Å². The van der Waals surface area contributed by atoms with Gasteiger partial charge in [-0.25, -0.2) is 9.78 Å². The van der Waals surface area contributed by atoms with E-state index in [1.807, 2.05) is 11.9 Å². The van der Waals surface area contributed by atoms with Gasteiger partial charge in [0.2, 0.25) is 5.88 Å². The molecular weight excluding hydrogens is 348 g/mol. The molecule has 1 atom stereocenters. The molecule has 0 spiro atoms. The number of hydrogen-bond donors (Lipinski definition) is 2. The minimum Gasteiger partial charge on any atom is -0.480 e. The van der Waals surface area contributed by atoms with Gasteiger partial charge in [-0.15, -0.1) is 0 Å². The number of aromatic nitrogens is 1. The Morgan fingerprint density at radius 3 is 2.85 bits per heavy atom. The van der Waals surface area contributed by atoms with Crippen LogP contribution in [0.1, 0.15) is 39.0 Å². The van der Waals surface area contributed by atoms with Crippen molar-refractivity contribution in [3.63, 3.8) is 0 Å². The van der Waals surface area contributed by atoms with Crippen molar-refractivity contribution in [1.29, 1.82) is 0 Å². The molecule has 1 aromatic heterocycles. The number of hydrogen-bond acceptors (Lipinski definition) is 5. The highest BCUT2D eigenvalue weighted by molar-refractivity contribution is 5.89. The standard InChI is InChI=1S/C19H30N4O4/c1-3-4-12-27-17-8-7-15(13-20-17)21-19(26)23-10-5-6-16(9-11-23)22(2)14-18(24)25/h7-8,13,16H,3-6,9-12,14H2,1-2H3,(H,21,26)(H,24,25). The van der Waals surface area contributed by atoms with E-state index in [9.17, 15) is 9.59 Å². The molecule has 0 radical (unpaired) electrons. The topological polar surface area (TPSA) is 95.0 Å². The molecule has 2 heterocycles. The monoisotopic (exact) mass is 378 g/mol. The van der Waals surface area contributed by atoms with E-state index in [-0.39, 0.29) is 18.6 Å². The summed E-state index contributed by atoms with van der Waals surface area (Å²) in [6.45, 7) is 4.03. The highest BCUT2D eigenvalue weighted by Crippen LogP contribution is 2.17. The van der Waals surface area contributed by atoms with Gasteiger partial charge < -0.3 is 20.1 Å². The van der Waals surface area contributed by atoms with E-state index in [2.05, 4.69) is 17.2 Å². The summed E-state index contributed by atoms with van der Waals surface area (Å²) in [7, 11) is 1.82. The van der Waals surface area contributed by atoms with Crippen LogP contribution in [0.5, 0.6) is 5.88 Å². The lowest BCUT2D eigenvalue weighted by Gasteiger charge is -2.25. The fraction of sp³-hybridized carbons (Fsp3) is 0.632. The fourth-order valence-electron chi connectivity index (χ4n) is 3.13. The smallest absolute Gasteiger partial charge is 0.321 e. The van der Waals surface area contributed by atoms with Gasteiger partial charge in [-0.1, -0.05) is 13.3 Å². The summed E-state index contributed by atoms with van der Waals surface area (Å²) in [5.41, 5.74) is 0.631. The first-order valence-corrected chi connectivity index (χ1v) is 9.56. The number of carbonyl (C=O) groups is 2. The van der Waals surface area contributed by atoms with Crippen LogP contribution in [0.25, 0.3) is 0 Å². The number of unbranched alkanes of at least 4 members (excludes halogenated alkanes) is 1. The van der Waals surface area contributed by atoms with Gasteiger partial charge in [-0.3, -0.25) is 9.69 Å². The van der Waals surface area contributed by atoms with Gasteiger partial charge in [-0.2, -0.15) is 0 Å². The number of likely N-dealkylation sites (N-methyl/N-ethyl adjacent to an activating group) is 1. The average Bonchev–Trinajstić information content (AvgIpc) is 2.89. The normalized spacial score (nSPS) is 17.4. The number of urea groups is 1. The number of carbonyl (C=O) groups excluding carboxylic acids is 1. The Morgan fingerprint density at radius 1 is 1.37 bits per heavy atom. The van der Waals surface area contributed by atoms with Gasteiger partial charge >= 0.3 is 12.0 Å². The number of likely N-dealkylation sites (tertiary alicyclic amines) is 1. The van der Waals surface area contributed by atoms with Crippen LogP contribution in [0.3, 0.4) is 0 Å². The summed E-state index contributed by atoms with van der Waals surface area (Å²) < 4.78 is 5.52. The van der Waals surface area contributed by atoms with Crippen LogP contribution in [-0.4, -0.2) is 71.2 Å². The van der Waals surface area contributed by atoms with Gasteiger partial charge in [-0.05, 0) is 38.8 Å². The third-order valence-corrected chi connectivity index (χ3v) is 4.73. The Hall–Kier alpha value is -2.35. The molecule has 2 amide bonds. The molecule has 1 aliphatic heterocycles. The van der Waals surface area contributed by atoms with Crippen LogP contribution in [0.4, 0.5) is 10.5 Å². The summed E-state index contributed by atoms with van der Waals surface area (Å²) >= 11 is 0. The van der Waals surface area contributed by atoms with Crippen molar-refractivity contribution < 1.29 is 19.4 Å². The second kappa shape index (κ2) is 10.7. The second-order valence-electron chi connectivity index (χ2n) is 6.90. The average molecular weight is 378 g/mol. The van der Waals surface area contributed by atoms with E-state index in [1.54, 1.807) is 23.2 Å². The van der Waals surface area contributed by atoms with Crippen LogP contribution >= 0.6 is 0 Å². The van der Waals surface area contributed by atoms with Crippen molar-refractivity contribution in [2.75, 3.05) is 38.6 Å². The number of pyridine rings is 1. The predicted octanol–water partition coefficient (Wildman–Crippen LogP) is 2.66. The van der Waals surface area contributed by atoms with Gasteiger partial charge in [0, 0.05) is 25.2 Å². The van der Waals surface area contributed by atoms with Gasteiger partial charge in [0.15, 0.2) is 0 Å². The fourth-order valence-corrected chi connectivity index (χ4v) is 3.13. The summed E-state index contributed by atoms with van der Waals surface area (Å²) in [6, 6.07) is 3.57. The first kappa shape index (κ1) is 21.0. The number of nitrogens with zero attached hydrogens (tertiary/aromatic N) is 3. The zero-order valence-electron chi connectivity index (χ0n) is 16.2. The highest BCUT2D eigenvalue weighted by Gasteiger charge is 2.24. The first-order valence-electron chi connectivity index (χ1n) is 9.56. The van der Waals surface area contributed by atoms with E-state index in [0.29, 0.717) is 31.3 Å². The molecule has 0 saturated carbocycles. The summed E-state index contributed by atoms with van der Waals surface area (Å²) in [5, 5.41) is 11.8. The molecule has 1 unspecified atom stereocenters. The molecule has 2 rings (SSSR count). The molecule has 0 bridgehead atoms. The largest absolute Gasteiger partial charge is 0.480 e. The minimum atomic E-state index is -0.828. The molecule has 0 aliphatic carbocycles. The van der Waals surface area contributed by atoms with E-state index >= 15 is 0 Å². The number of aliphatic carboxylic acids is 1. The summed E-state index contributed by atoms with van der Waals surface area (Å²) in [4.78, 5) is 31.2. The van der Waals surface area contributed by atoms with Crippen LogP contribution in [0.2, 0.25) is 0 Å². The molecule has 0 aromatic carbocycles. The molecule has 1 fully saturated rings. The Bertz CT molecular complexity index is 608. The molecule has 8 nitrogen and oxygen atoms in total. The number of ether oxygens (including phenoxy) is 1. The summed E-state index contributed by atoms with van der Waals surface area (Å²) in [6.07, 6.45) is 6.15. The quantitative estimate of drug-likeness (QED) is 0.675. The Kier molecular flexibility index (Phi) is 8.32. The zero-order chi connectivity index (χ0) is 19.6. The number of anilines is 1. The van der Waals surface area contributed by atoms with Crippen molar-refractivity contribution in [3.05, 3.63) is 18.3 Å². The molecule has 8 heteroatoms. The van der Waals surface area contributed by atoms with Gasteiger partial charge in [0.1, 0.15) is 0 Å². The lowest BCUT2D eigenvalue weighted by molar-refractivity contribution is -0.138. The number of amides is 2. The molecule has 27 heavy (non-hydrogen) atoms. The Morgan fingerprint density at radius 2 is 2.19 bits per heavy atom. The molecule has 150 valence electrons. The van der Waals surface area contributed by atoms with Gasteiger partial charge in [0.25, 0.3) is 0 Å². The van der Waals surface area contributed by atoms with Crippen LogP contribution < -0.4 is 10.1 Å². The lowest BCUT2D eigenvalue weighted by Crippen LogP contribution is -2.38. The maximum Gasteiger partial charge on any atom is 0.321 e. The van der Waals surface area contributed by atoms with Crippen LogP contribution in [0.15, 0.2) is 18.3 Å². The number of rotatable bonds is 8. The third-order valence-electron chi connectivity index (χ3n) is 4.73. The van der Waals surface area contributed by atoms with E-state index in [1.165, 1.54) is 0 Å². The number of carboxylic acid groups (broad SMARTS) is 1. The number of nitrogens with one attached hydrogen (secondary N) is 1. The maximum absolute atomic E-state index is 12.5. The van der Waals surface area contributed by atoms with Crippen molar-refractivity contribution >= 4 is 17.7 Å². The van der Waals surface area contributed by atoms with E-state index in [4.69, 9.17) is 9.84 Å².